The van der Waals surface area contributed by atoms with Gasteiger partial charge in [-0.15, -0.1) is 0 Å². The van der Waals surface area contributed by atoms with Crippen LogP contribution in [-0.2, 0) is 9.59 Å². The van der Waals surface area contributed by atoms with E-state index in [1.54, 1.807) is 6.92 Å². The van der Waals surface area contributed by atoms with E-state index in [9.17, 15) is 9.59 Å². The lowest BCUT2D eigenvalue weighted by Crippen LogP contribution is -1.92. The van der Waals surface area contributed by atoms with Crippen LogP contribution in [-0.4, -0.2) is 17.4 Å². The summed E-state index contributed by atoms with van der Waals surface area (Å²) in [6, 6.07) is 0. The normalized spacial score (nSPS) is 12.1. The molecule has 0 saturated heterocycles. The van der Waals surface area contributed by atoms with Crippen LogP contribution < -0.4 is 0 Å². The van der Waals surface area contributed by atoms with E-state index in [4.69, 9.17) is 0 Å². The molecule has 0 rings (SSSR count). The van der Waals surface area contributed by atoms with Crippen LogP contribution in [0.2, 0.25) is 0 Å². The van der Waals surface area contributed by atoms with Crippen LogP contribution in [0.3, 0.4) is 0 Å². The molecule has 11 heavy (non-hydrogen) atoms. The van der Waals surface area contributed by atoms with E-state index in [1.807, 2.05) is 0 Å². The number of carbonyl (C=O) groups is 2. The van der Waals surface area contributed by atoms with E-state index < -0.39 is 0 Å². The van der Waals surface area contributed by atoms with Gasteiger partial charge in [0, 0.05) is 12.6 Å². The second-order valence-corrected chi connectivity index (χ2v) is 2.22. The van der Waals surface area contributed by atoms with Crippen molar-refractivity contribution in [2.45, 2.75) is 20.8 Å². The van der Waals surface area contributed by atoms with Gasteiger partial charge in [0.15, 0.2) is 5.78 Å². The van der Waals surface area contributed by atoms with Crippen molar-refractivity contribution in [2.24, 2.45) is 4.99 Å². The van der Waals surface area contributed by atoms with Crippen LogP contribution >= 0.6 is 0 Å². The van der Waals surface area contributed by atoms with Crippen LogP contribution in [0.25, 0.3) is 0 Å². The lowest BCUT2D eigenvalue weighted by atomic mass is 10.3. The second kappa shape index (κ2) is 4.55. The Morgan fingerprint density at radius 1 is 1.09 bits per heavy atom. The maximum Gasteiger partial charge on any atom is 0.242 e. The van der Waals surface area contributed by atoms with Gasteiger partial charge in [0.1, 0.15) is 0 Å². The van der Waals surface area contributed by atoms with Crippen molar-refractivity contribution in [1.82, 2.24) is 0 Å². The molecule has 60 valence electrons. The second-order valence-electron chi connectivity index (χ2n) is 2.22. The molecule has 0 spiro atoms. The first-order valence-corrected chi connectivity index (χ1v) is 3.27. The van der Waals surface area contributed by atoms with Crippen molar-refractivity contribution in [2.75, 3.05) is 0 Å². The summed E-state index contributed by atoms with van der Waals surface area (Å²) >= 11 is 0. The molecule has 0 aliphatic carbocycles. The van der Waals surface area contributed by atoms with Crippen molar-refractivity contribution >= 4 is 17.4 Å². The lowest BCUT2D eigenvalue weighted by molar-refractivity contribution is -0.116. The Morgan fingerprint density at radius 2 is 1.64 bits per heavy atom. The number of hydrogen-bond acceptors (Lipinski definition) is 2. The zero-order valence-electron chi connectivity index (χ0n) is 6.92. The summed E-state index contributed by atoms with van der Waals surface area (Å²) in [4.78, 5) is 24.4. The van der Waals surface area contributed by atoms with Gasteiger partial charge in [-0.25, -0.2) is 4.99 Å². The van der Waals surface area contributed by atoms with Crippen LogP contribution in [0.1, 0.15) is 20.8 Å². The molecule has 0 bridgehead atoms. The Kier molecular flexibility index (Phi) is 4.03. The van der Waals surface area contributed by atoms with Gasteiger partial charge >= 0.3 is 0 Å². The number of nitrogens with zero attached hydrogens (tertiary/aromatic N) is 1. The zero-order chi connectivity index (χ0) is 8.85. The largest absolute Gasteiger partial charge is 0.295 e. The van der Waals surface area contributed by atoms with Gasteiger partial charge in [-0.2, -0.15) is 0 Å². The molecule has 0 aromatic carbocycles. The fourth-order valence-corrected chi connectivity index (χ4v) is 0.524. The summed E-state index contributed by atoms with van der Waals surface area (Å²) in [5.74, 6) is -0.307. The number of rotatable bonds is 2. The molecule has 0 saturated carbocycles. The summed E-state index contributed by atoms with van der Waals surface area (Å²) in [5, 5.41) is 0. The number of aliphatic imine (C=N–C) groups is 1. The zero-order valence-corrected chi connectivity index (χ0v) is 6.92. The molecule has 0 aliphatic heterocycles. The third-order valence-corrected chi connectivity index (χ3v) is 0.893. The standard InChI is InChI=1S/C8H11NO2/c1-6(9-8(3)11)4-5-7(2)10/h4-5H,1-3H3. The SMILES string of the molecule is CC(=O)C=CC(C)=NC(C)=O. The monoisotopic (exact) mass is 153 g/mol. The number of hydrogen-bond donors (Lipinski definition) is 0. The van der Waals surface area contributed by atoms with Crippen LogP contribution in [0, 0.1) is 0 Å². The highest BCUT2D eigenvalue weighted by Gasteiger charge is 1.88. The summed E-state index contributed by atoms with van der Waals surface area (Å²) in [6.45, 7) is 4.48. The first-order chi connectivity index (χ1) is 5.02. The van der Waals surface area contributed by atoms with E-state index in [0.29, 0.717) is 5.71 Å². The maximum absolute atomic E-state index is 10.4. The van der Waals surface area contributed by atoms with E-state index in [2.05, 4.69) is 4.99 Å². The molecule has 3 heteroatoms. The molecule has 0 aromatic heterocycles. The topological polar surface area (TPSA) is 46.5 Å². The molecule has 3 nitrogen and oxygen atoms in total. The summed E-state index contributed by atoms with van der Waals surface area (Å²) in [5.41, 5.74) is 0.549. The van der Waals surface area contributed by atoms with Gasteiger partial charge in [-0.3, -0.25) is 9.59 Å². The van der Waals surface area contributed by atoms with Gasteiger partial charge in [0.05, 0.1) is 0 Å². The Labute approximate surface area is 65.8 Å². The minimum atomic E-state index is -0.254. The number of ketones is 1. The fraction of sp³-hybridized carbons (Fsp3) is 0.375. The number of carbonyl (C=O) groups excluding carboxylic acids is 2. The Bertz CT molecular complexity index is 226. The van der Waals surface area contributed by atoms with E-state index in [0.717, 1.165) is 0 Å². The average Bonchev–Trinajstić information content (AvgIpc) is 1.82. The fourth-order valence-electron chi connectivity index (χ4n) is 0.524. The highest BCUT2D eigenvalue weighted by molar-refractivity contribution is 6.03. The van der Waals surface area contributed by atoms with Crippen molar-refractivity contribution in [3.05, 3.63) is 12.2 Å². The van der Waals surface area contributed by atoms with Crippen molar-refractivity contribution in [1.29, 1.82) is 0 Å². The smallest absolute Gasteiger partial charge is 0.242 e. The molecular formula is C8H11NO2. The molecule has 0 unspecified atom stereocenters. The third-order valence-electron chi connectivity index (χ3n) is 0.893. The molecule has 0 aromatic rings. The van der Waals surface area contributed by atoms with E-state index in [-0.39, 0.29) is 11.7 Å². The Morgan fingerprint density at radius 3 is 2.00 bits per heavy atom. The van der Waals surface area contributed by atoms with Crippen molar-refractivity contribution in [3.8, 4) is 0 Å². The first-order valence-electron chi connectivity index (χ1n) is 3.27. The van der Waals surface area contributed by atoms with Crippen LogP contribution in [0.15, 0.2) is 17.1 Å². The molecule has 0 atom stereocenters. The molecule has 0 aliphatic rings. The number of amides is 1. The van der Waals surface area contributed by atoms with E-state index >= 15 is 0 Å². The quantitative estimate of drug-likeness (QED) is 0.441. The van der Waals surface area contributed by atoms with Gasteiger partial charge < -0.3 is 0 Å². The van der Waals surface area contributed by atoms with Crippen LogP contribution in [0.4, 0.5) is 0 Å². The van der Waals surface area contributed by atoms with Gasteiger partial charge in [-0.05, 0) is 26.0 Å². The minimum absolute atomic E-state index is 0.0527. The third kappa shape index (κ3) is 6.64. The highest BCUT2D eigenvalue weighted by Crippen LogP contribution is 1.83. The maximum atomic E-state index is 10.4. The van der Waals surface area contributed by atoms with Crippen molar-refractivity contribution in [3.63, 3.8) is 0 Å². The predicted octanol–water partition coefficient (Wildman–Crippen LogP) is 1.14. The molecule has 0 radical (unpaired) electrons. The summed E-state index contributed by atoms with van der Waals surface area (Å²) in [7, 11) is 0. The average molecular weight is 153 g/mol. The molecule has 1 amide bonds. The highest BCUT2D eigenvalue weighted by atomic mass is 16.1. The van der Waals surface area contributed by atoms with Crippen LogP contribution in [0.5, 0.6) is 0 Å². The van der Waals surface area contributed by atoms with Crippen molar-refractivity contribution < 1.29 is 9.59 Å². The summed E-state index contributed by atoms with van der Waals surface area (Å²) < 4.78 is 0. The molecule has 0 fully saturated rings. The van der Waals surface area contributed by atoms with Gasteiger partial charge in [-0.1, -0.05) is 0 Å². The number of allylic oxidation sites excluding steroid dienone is 2. The van der Waals surface area contributed by atoms with E-state index in [1.165, 1.54) is 26.0 Å². The molecular weight excluding hydrogens is 142 g/mol. The lowest BCUT2D eigenvalue weighted by Gasteiger charge is -1.86. The molecule has 0 N–H and O–H groups in total. The first kappa shape index (κ1) is 9.75. The van der Waals surface area contributed by atoms with Gasteiger partial charge in [0.2, 0.25) is 5.91 Å². The predicted molar refractivity (Wildman–Crippen MR) is 43.6 cm³/mol. The Hall–Kier alpha value is -1.25. The Balaban J connectivity index is 4.17. The molecule has 0 heterocycles. The van der Waals surface area contributed by atoms with Gasteiger partial charge in [0.25, 0.3) is 0 Å². The summed E-state index contributed by atoms with van der Waals surface area (Å²) in [6.07, 6.45) is 2.89. The minimum Gasteiger partial charge on any atom is -0.295 e.